The molecule has 0 unspecified atom stereocenters. The number of nitrogens with one attached hydrogen (secondary N) is 1. The number of amides is 1. The average Bonchev–Trinajstić information content (AvgIpc) is 2.60. The van der Waals surface area contributed by atoms with E-state index in [1.807, 2.05) is 32.9 Å². The van der Waals surface area contributed by atoms with Crippen LogP contribution in [0.25, 0.3) is 0 Å². The molecule has 1 atom stereocenters. The number of benzene rings is 2. The van der Waals surface area contributed by atoms with Crippen molar-refractivity contribution < 1.29 is 17.9 Å². The summed E-state index contributed by atoms with van der Waals surface area (Å²) in [5.74, 6) is -0.389. The lowest BCUT2D eigenvalue weighted by molar-refractivity contribution is -0.120. The predicted molar refractivity (Wildman–Crippen MR) is 111 cm³/mol. The van der Waals surface area contributed by atoms with E-state index in [2.05, 4.69) is 5.32 Å². The van der Waals surface area contributed by atoms with E-state index in [4.69, 9.17) is 4.74 Å². The first kappa shape index (κ1) is 21.9. The van der Waals surface area contributed by atoms with Crippen molar-refractivity contribution in [3.63, 3.8) is 0 Å². The predicted octanol–water partition coefficient (Wildman–Crippen LogP) is 2.96. The summed E-state index contributed by atoms with van der Waals surface area (Å²) in [6.45, 7) is 7.51. The van der Waals surface area contributed by atoms with Crippen molar-refractivity contribution in [1.29, 1.82) is 0 Å². The lowest BCUT2D eigenvalue weighted by atomic mass is 10.1. The molecule has 0 heterocycles. The molecule has 28 heavy (non-hydrogen) atoms. The molecule has 0 saturated heterocycles. The first-order valence-electron chi connectivity index (χ1n) is 9.10. The van der Waals surface area contributed by atoms with Gasteiger partial charge in [0.05, 0.1) is 17.2 Å². The van der Waals surface area contributed by atoms with Gasteiger partial charge < -0.3 is 10.1 Å². The quantitative estimate of drug-likeness (QED) is 0.734. The fraction of sp³-hybridized carbons (Fsp3) is 0.381. The van der Waals surface area contributed by atoms with E-state index in [1.165, 1.54) is 4.31 Å². The average molecular weight is 405 g/mol. The Labute approximate surface area is 167 Å². The molecule has 0 spiro atoms. The zero-order valence-electron chi connectivity index (χ0n) is 17.0. The van der Waals surface area contributed by atoms with Crippen molar-refractivity contribution in [3.05, 3.63) is 59.2 Å². The standard InChI is InChI=1S/C21H28N2O4S/c1-15-6-9-19(10-7-15)28(25,26)23(13-21(24)22-18(4)14-27-5)20-11-8-16(2)12-17(20)3/h6-12,18H,13-14H2,1-5H3,(H,22,24)/t18-/m1/s1. The highest BCUT2D eigenvalue weighted by atomic mass is 32.2. The Morgan fingerprint density at radius 3 is 2.25 bits per heavy atom. The molecule has 1 N–H and O–H groups in total. The third-order valence-corrected chi connectivity index (χ3v) is 6.12. The van der Waals surface area contributed by atoms with Crippen LogP contribution in [-0.4, -0.2) is 40.6 Å². The summed E-state index contributed by atoms with van der Waals surface area (Å²) < 4.78 is 32.9. The van der Waals surface area contributed by atoms with Crippen LogP contribution in [0.1, 0.15) is 23.6 Å². The molecule has 0 aliphatic rings. The van der Waals surface area contributed by atoms with Gasteiger partial charge in [-0.2, -0.15) is 0 Å². The van der Waals surface area contributed by atoms with E-state index < -0.39 is 10.0 Å². The van der Waals surface area contributed by atoms with E-state index in [9.17, 15) is 13.2 Å². The van der Waals surface area contributed by atoms with Crippen molar-refractivity contribution in [2.75, 3.05) is 24.6 Å². The van der Waals surface area contributed by atoms with Crippen molar-refractivity contribution in [2.24, 2.45) is 0 Å². The van der Waals surface area contributed by atoms with Gasteiger partial charge in [-0.1, -0.05) is 35.4 Å². The SMILES string of the molecule is COC[C@@H](C)NC(=O)CN(c1ccc(C)cc1C)S(=O)(=O)c1ccc(C)cc1. The Morgan fingerprint density at radius 2 is 1.68 bits per heavy atom. The third kappa shape index (κ3) is 5.33. The number of nitrogens with zero attached hydrogens (tertiary/aromatic N) is 1. The minimum Gasteiger partial charge on any atom is -0.383 e. The van der Waals surface area contributed by atoms with Crippen molar-refractivity contribution in [1.82, 2.24) is 5.32 Å². The van der Waals surface area contributed by atoms with E-state index in [0.717, 1.165) is 16.7 Å². The Morgan fingerprint density at radius 1 is 1.07 bits per heavy atom. The first-order chi connectivity index (χ1) is 13.1. The van der Waals surface area contributed by atoms with Gasteiger partial charge in [0.25, 0.3) is 10.0 Å². The van der Waals surface area contributed by atoms with Crippen LogP contribution >= 0.6 is 0 Å². The second-order valence-corrected chi connectivity index (χ2v) is 8.90. The molecule has 2 aromatic rings. The highest BCUT2D eigenvalue weighted by Crippen LogP contribution is 2.27. The summed E-state index contributed by atoms with van der Waals surface area (Å²) in [5.41, 5.74) is 3.25. The molecular formula is C21H28N2O4S. The van der Waals surface area contributed by atoms with E-state index in [1.54, 1.807) is 44.4 Å². The van der Waals surface area contributed by atoms with Crippen LogP contribution < -0.4 is 9.62 Å². The monoisotopic (exact) mass is 404 g/mol. The molecule has 1 amide bonds. The lowest BCUT2D eigenvalue weighted by Gasteiger charge is -2.26. The Kier molecular flexibility index (Phi) is 7.21. The van der Waals surface area contributed by atoms with Gasteiger partial charge >= 0.3 is 0 Å². The largest absolute Gasteiger partial charge is 0.383 e. The number of hydrogen-bond acceptors (Lipinski definition) is 4. The zero-order chi connectivity index (χ0) is 20.9. The van der Waals surface area contributed by atoms with E-state index in [0.29, 0.717) is 12.3 Å². The number of carbonyl (C=O) groups excluding carboxylic acids is 1. The number of hydrogen-bond donors (Lipinski definition) is 1. The topological polar surface area (TPSA) is 75.7 Å². The highest BCUT2D eigenvalue weighted by Gasteiger charge is 2.28. The van der Waals surface area contributed by atoms with Crippen molar-refractivity contribution in [2.45, 2.75) is 38.6 Å². The third-order valence-electron chi connectivity index (χ3n) is 4.34. The summed E-state index contributed by atoms with van der Waals surface area (Å²) in [6, 6.07) is 11.9. The van der Waals surface area contributed by atoms with Gasteiger partial charge in [-0.25, -0.2) is 8.42 Å². The number of ether oxygens (including phenoxy) is 1. The van der Waals surface area contributed by atoms with Gasteiger partial charge in [-0.15, -0.1) is 0 Å². The van der Waals surface area contributed by atoms with Gasteiger partial charge in [0.15, 0.2) is 0 Å². The second kappa shape index (κ2) is 9.21. The van der Waals surface area contributed by atoms with E-state index in [-0.39, 0.29) is 23.4 Å². The first-order valence-corrected chi connectivity index (χ1v) is 10.5. The maximum Gasteiger partial charge on any atom is 0.264 e. The molecule has 2 rings (SSSR count). The van der Waals surface area contributed by atoms with Crippen molar-refractivity contribution in [3.8, 4) is 0 Å². The van der Waals surface area contributed by atoms with Crippen LogP contribution in [0.15, 0.2) is 47.4 Å². The molecule has 0 fully saturated rings. The van der Waals surface area contributed by atoms with Crippen LogP contribution in [-0.2, 0) is 19.6 Å². The summed E-state index contributed by atoms with van der Waals surface area (Å²) in [5, 5.41) is 2.77. The maximum atomic E-state index is 13.3. The summed E-state index contributed by atoms with van der Waals surface area (Å²) in [4.78, 5) is 12.7. The maximum absolute atomic E-state index is 13.3. The van der Waals surface area contributed by atoms with Crippen LogP contribution in [0, 0.1) is 20.8 Å². The number of aryl methyl sites for hydroxylation is 3. The molecule has 0 aliphatic heterocycles. The Balaban J connectivity index is 2.44. The van der Waals surface area contributed by atoms with E-state index >= 15 is 0 Å². The normalized spacial score (nSPS) is 12.5. The molecule has 7 heteroatoms. The number of carbonyl (C=O) groups is 1. The summed E-state index contributed by atoms with van der Waals surface area (Å²) in [6.07, 6.45) is 0. The van der Waals surface area contributed by atoms with Crippen LogP contribution in [0.4, 0.5) is 5.69 Å². The lowest BCUT2D eigenvalue weighted by Crippen LogP contribution is -2.45. The number of sulfonamides is 1. The fourth-order valence-electron chi connectivity index (χ4n) is 2.96. The van der Waals surface area contributed by atoms with Gasteiger partial charge in [-0.05, 0) is 51.5 Å². The summed E-state index contributed by atoms with van der Waals surface area (Å²) >= 11 is 0. The van der Waals surface area contributed by atoms with Crippen molar-refractivity contribution >= 4 is 21.6 Å². The molecule has 2 aromatic carbocycles. The molecular weight excluding hydrogens is 376 g/mol. The molecule has 0 radical (unpaired) electrons. The molecule has 6 nitrogen and oxygen atoms in total. The van der Waals surface area contributed by atoms with Gasteiger partial charge in [-0.3, -0.25) is 9.10 Å². The van der Waals surface area contributed by atoms with Gasteiger partial charge in [0, 0.05) is 13.2 Å². The van der Waals surface area contributed by atoms with Crippen LogP contribution in [0.2, 0.25) is 0 Å². The van der Waals surface area contributed by atoms with Crippen LogP contribution in [0.5, 0.6) is 0 Å². The smallest absolute Gasteiger partial charge is 0.264 e. The minimum absolute atomic E-state index is 0.149. The molecule has 0 aromatic heterocycles. The number of methoxy groups -OCH3 is 1. The zero-order valence-corrected chi connectivity index (χ0v) is 17.8. The van der Waals surface area contributed by atoms with Gasteiger partial charge in [0.2, 0.25) is 5.91 Å². The molecule has 0 aliphatic carbocycles. The molecule has 152 valence electrons. The highest BCUT2D eigenvalue weighted by molar-refractivity contribution is 7.92. The fourth-order valence-corrected chi connectivity index (χ4v) is 4.45. The second-order valence-electron chi connectivity index (χ2n) is 7.04. The Hall–Kier alpha value is -2.38. The number of rotatable bonds is 8. The number of anilines is 1. The molecule has 0 saturated carbocycles. The minimum atomic E-state index is -3.91. The summed E-state index contributed by atoms with van der Waals surface area (Å²) in [7, 11) is -2.36. The molecule has 0 bridgehead atoms. The Bertz CT molecular complexity index is 924. The van der Waals surface area contributed by atoms with Gasteiger partial charge in [0.1, 0.15) is 6.54 Å². The van der Waals surface area contributed by atoms with Crippen LogP contribution in [0.3, 0.4) is 0 Å².